The van der Waals surface area contributed by atoms with Crippen LogP contribution in [0.15, 0.2) is 48.5 Å². The number of benzene rings is 2. The van der Waals surface area contributed by atoms with Crippen molar-refractivity contribution in [2.24, 2.45) is 0 Å². The third-order valence-corrected chi connectivity index (χ3v) is 5.46. The first kappa shape index (κ1) is 21.1. The van der Waals surface area contributed by atoms with Gasteiger partial charge in [0.15, 0.2) is 0 Å². The summed E-state index contributed by atoms with van der Waals surface area (Å²) in [6, 6.07) is 15.4. The highest BCUT2D eigenvalue weighted by molar-refractivity contribution is 6.05. The number of likely N-dealkylation sites (tertiary alicyclic amines) is 1. The fourth-order valence-electron chi connectivity index (χ4n) is 3.88. The average Bonchev–Trinajstić information content (AvgIpc) is 2.69. The Bertz CT molecular complexity index is 822. The SMILES string of the molecule is CN(c1ccc(C(=O)Nc2ccccc2N)cc1)C1CCN(CC(C)(C)O)CC1. The normalized spacial score (nSPS) is 15.9. The van der Waals surface area contributed by atoms with Crippen molar-refractivity contribution in [2.75, 3.05) is 42.6 Å². The van der Waals surface area contributed by atoms with Gasteiger partial charge in [-0.2, -0.15) is 0 Å². The lowest BCUT2D eigenvalue weighted by Gasteiger charge is -2.39. The third-order valence-electron chi connectivity index (χ3n) is 5.46. The summed E-state index contributed by atoms with van der Waals surface area (Å²) in [5.41, 5.74) is 8.12. The van der Waals surface area contributed by atoms with E-state index in [1.54, 1.807) is 12.1 Å². The summed E-state index contributed by atoms with van der Waals surface area (Å²) in [6.45, 7) is 6.39. The van der Waals surface area contributed by atoms with Crippen LogP contribution < -0.4 is 16.0 Å². The van der Waals surface area contributed by atoms with Crippen LogP contribution in [0.2, 0.25) is 0 Å². The van der Waals surface area contributed by atoms with Gasteiger partial charge in [0.25, 0.3) is 5.91 Å². The van der Waals surface area contributed by atoms with Gasteiger partial charge >= 0.3 is 0 Å². The highest BCUT2D eigenvalue weighted by Gasteiger charge is 2.26. The summed E-state index contributed by atoms with van der Waals surface area (Å²) in [5, 5.41) is 12.9. The second-order valence-electron chi connectivity index (χ2n) is 8.52. The second-order valence-corrected chi connectivity index (χ2v) is 8.52. The number of nitrogens with zero attached hydrogens (tertiary/aromatic N) is 2. The predicted octanol–water partition coefficient (Wildman–Crippen LogP) is 3.19. The molecule has 2 aromatic rings. The van der Waals surface area contributed by atoms with E-state index < -0.39 is 5.60 Å². The first-order chi connectivity index (χ1) is 13.7. The smallest absolute Gasteiger partial charge is 0.255 e. The van der Waals surface area contributed by atoms with Crippen molar-refractivity contribution in [3.8, 4) is 0 Å². The van der Waals surface area contributed by atoms with Gasteiger partial charge in [-0.1, -0.05) is 12.1 Å². The summed E-state index contributed by atoms with van der Waals surface area (Å²) < 4.78 is 0. The van der Waals surface area contributed by atoms with Crippen LogP contribution in [-0.2, 0) is 0 Å². The molecule has 1 heterocycles. The maximum atomic E-state index is 12.5. The molecule has 1 saturated heterocycles. The van der Waals surface area contributed by atoms with Crippen LogP contribution in [-0.4, -0.2) is 54.2 Å². The quantitative estimate of drug-likeness (QED) is 0.653. The number of rotatable bonds is 6. The molecule has 29 heavy (non-hydrogen) atoms. The lowest BCUT2D eigenvalue weighted by atomic mass is 10.0. The van der Waals surface area contributed by atoms with E-state index in [1.807, 2.05) is 50.2 Å². The van der Waals surface area contributed by atoms with Crippen molar-refractivity contribution < 1.29 is 9.90 Å². The number of carbonyl (C=O) groups is 1. The first-order valence-corrected chi connectivity index (χ1v) is 10.2. The number of nitrogens with one attached hydrogen (secondary N) is 1. The van der Waals surface area contributed by atoms with E-state index in [0.29, 0.717) is 29.5 Å². The van der Waals surface area contributed by atoms with Crippen molar-refractivity contribution in [1.82, 2.24) is 4.90 Å². The molecule has 0 aromatic heterocycles. The number of nitrogen functional groups attached to an aromatic ring is 1. The van der Waals surface area contributed by atoms with E-state index in [0.717, 1.165) is 31.6 Å². The van der Waals surface area contributed by atoms with Gasteiger partial charge in [-0.25, -0.2) is 0 Å². The van der Waals surface area contributed by atoms with Crippen LogP contribution in [0.5, 0.6) is 0 Å². The maximum absolute atomic E-state index is 12.5. The molecule has 0 saturated carbocycles. The van der Waals surface area contributed by atoms with E-state index in [1.165, 1.54) is 0 Å². The Balaban J connectivity index is 1.57. The second kappa shape index (κ2) is 8.84. The number of para-hydroxylation sites is 2. The summed E-state index contributed by atoms with van der Waals surface area (Å²) in [6.07, 6.45) is 2.12. The van der Waals surface area contributed by atoms with Crippen LogP contribution in [0.4, 0.5) is 17.1 Å². The Hall–Kier alpha value is -2.57. The van der Waals surface area contributed by atoms with Gasteiger partial charge < -0.3 is 26.0 Å². The Morgan fingerprint density at radius 3 is 2.38 bits per heavy atom. The van der Waals surface area contributed by atoms with Gasteiger partial charge in [-0.05, 0) is 63.1 Å². The number of hydrogen-bond donors (Lipinski definition) is 3. The molecule has 0 aliphatic carbocycles. The maximum Gasteiger partial charge on any atom is 0.255 e. The van der Waals surface area contributed by atoms with Crippen molar-refractivity contribution in [2.45, 2.75) is 38.3 Å². The van der Waals surface area contributed by atoms with E-state index in [2.05, 4.69) is 22.2 Å². The van der Waals surface area contributed by atoms with Gasteiger partial charge in [0.2, 0.25) is 0 Å². The van der Waals surface area contributed by atoms with Gasteiger partial charge in [-0.3, -0.25) is 4.79 Å². The van der Waals surface area contributed by atoms with Crippen LogP contribution in [0.1, 0.15) is 37.0 Å². The molecule has 1 fully saturated rings. The highest BCUT2D eigenvalue weighted by atomic mass is 16.3. The monoisotopic (exact) mass is 396 g/mol. The zero-order valence-electron chi connectivity index (χ0n) is 17.6. The molecule has 0 radical (unpaired) electrons. The third kappa shape index (κ3) is 5.71. The van der Waals surface area contributed by atoms with Crippen molar-refractivity contribution >= 4 is 23.0 Å². The molecule has 6 nitrogen and oxygen atoms in total. The topological polar surface area (TPSA) is 81.8 Å². The number of aliphatic hydroxyl groups is 1. The largest absolute Gasteiger partial charge is 0.397 e. The molecular formula is C23H32N4O2. The van der Waals surface area contributed by atoms with E-state index >= 15 is 0 Å². The van der Waals surface area contributed by atoms with Crippen LogP contribution in [0, 0.1) is 0 Å². The molecule has 6 heteroatoms. The minimum Gasteiger partial charge on any atom is -0.397 e. The molecule has 3 rings (SSSR count). The van der Waals surface area contributed by atoms with E-state index in [4.69, 9.17) is 5.73 Å². The molecule has 1 aliphatic rings. The molecule has 4 N–H and O–H groups in total. The molecule has 2 aromatic carbocycles. The number of amides is 1. The lowest BCUT2D eigenvalue weighted by Crippen LogP contribution is -2.47. The molecule has 0 spiro atoms. The predicted molar refractivity (Wildman–Crippen MR) is 119 cm³/mol. The standard InChI is InChI=1S/C23H32N4O2/c1-23(2,29)16-27-14-12-19(13-15-27)26(3)18-10-8-17(9-11-18)22(28)25-21-7-5-4-6-20(21)24/h4-11,19,29H,12-16,24H2,1-3H3,(H,25,28). The van der Waals surface area contributed by atoms with Crippen LogP contribution >= 0.6 is 0 Å². The molecule has 0 atom stereocenters. The summed E-state index contributed by atoms with van der Waals surface area (Å²) in [5.74, 6) is -0.169. The molecule has 0 bridgehead atoms. The Morgan fingerprint density at radius 1 is 1.17 bits per heavy atom. The number of carbonyl (C=O) groups excluding carboxylic acids is 1. The summed E-state index contributed by atoms with van der Waals surface area (Å²) >= 11 is 0. The average molecular weight is 397 g/mol. The summed E-state index contributed by atoms with van der Waals surface area (Å²) in [4.78, 5) is 17.1. The fraction of sp³-hybridized carbons (Fsp3) is 0.435. The number of anilines is 3. The highest BCUT2D eigenvalue weighted by Crippen LogP contribution is 2.24. The molecule has 156 valence electrons. The Kier molecular flexibility index (Phi) is 6.45. The molecule has 0 unspecified atom stereocenters. The number of nitrogens with two attached hydrogens (primary N) is 1. The van der Waals surface area contributed by atoms with E-state index in [-0.39, 0.29) is 5.91 Å². The number of piperidine rings is 1. The fourth-order valence-corrected chi connectivity index (χ4v) is 3.88. The van der Waals surface area contributed by atoms with Gasteiger partial charge in [-0.15, -0.1) is 0 Å². The zero-order valence-corrected chi connectivity index (χ0v) is 17.6. The van der Waals surface area contributed by atoms with Gasteiger partial charge in [0.05, 0.1) is 17.0 Å². The van der Waals surface area contributed by atoms with Crippen LogP contribution in [0.3, 0.4) is 0 Å². The van der Waals surface area contributed by atoms with Gasteiger partial charge in [0.1, 0.15) is 0 Å². The van der Waals surface area contributed by atoms with Crippen molar-refractivity contribution in [3.05, 3.63) is 54.1 Å². The molecular weight excluding hydrogens is 364 g/mol. The number of hydrogen-bond acceptors (Lipinski definition) is 5. The van der Waals surface area contributed by atoms with Gasteiger partial charge in [0, 0.05) is 44.0 Å². The van der Waals surface area contributed by atoms with Crippen LogP contribution in [0.25, 0.3) is 0 Å². The van der Waals surface area contributed by atoms with Crippen molar-refractivity contribution in [1.29, 1.82) is 0 Å². The Labute approximate surface area is 173 Å². The first-order valence-electron chi connectivity index (χ1n) is 10.2. The lowest BCUT2D eigenvalue weighted by molar-refractivity contribution is 0.0283. The minimum absolute atomic E-state index is 0.169. The minimum atomic E-state index is -0.653. The number of β-amino-alcohol motifs (C(OH)–C–C–N with tert-alkyl or cyclic N) is 1. The van der Waals surface area contributed by atoms with E-state index in [9.17, 15) is 9.90 Å². The molecule has 1 amide bonds. The zero-order chi connectivity index (χ0) is 21.0. The molecule has 1 aliphatic heterocycles. The Morgan fingerprint density at radius 2 is 1.79 bits per heavy atom. The summed E-state index contributed by atoms with van der Waals surface area (Å²) in [7, 11) is 2.11. The van der Waals surface area contributed by atoms with Crippen molar-refractivity contribution in [3.63, 3.8) is 0 Å².